The maximum atomic E-state index is 5.65. The van der Waals surface area contributed by atoms with Crippen LogP contribution >= 0.6 is 7.51 Å². The van der Waals surface area contributed by atoms with Crippen LogP contribution in [0.5, 0.6) is 0 Å². The fourth-order valence-corrected chi connectivity index (χ4v) is 12.2. The van der Waals surface area contributed by atoms with Crippen molar-refractivity contribution < 1.29 is 0 Å². The number of rotatable bonds is 7. The Morgan fingerprint density at radius 1 is 0.630 bits per heavy atom. The van der Waals surface area contributed by atoms with Crippen molar-refractivity contribution in [3.8, 4) is 0 Å². The van der Waals surface area contributed by atoms with Crippen molar-refractivity contribution in [3.63, 3.8) is 0 Å². The molecule has 0 aromatic rings. The van der Waals surface area contributed by atoms with E-state index in [0.717, 1.165) is 0 Å². The van der Waals surface area contributed by atoms with Crippen molar-refractivity contribution in [2.45, 2.75) is 134 Å². The largest absolute Gasteiger partial charge is 0.281 e. The van der Waals surface area contributed by atoms with Crippen LogP contribution < -0.4 is 14.9 Å². The van der Waals surface area contributed by atoms with E-state index in [4.69, 9.17) is 4.74 Å². The second-order valence-corrected chi connectivity index (χ2v) is 17.7. The molecular formula is C21H45N4PSi. The average molecular weight is 413 g/mol. The molecular weight excluding hydrogens is 367 g/mol. The molecule has 3 aliphatic carbocycles. The van der Waals surface area contributed by atoms with Crippen LogP contribution in [0.15, 0.2) is 4.74 Å². The highest BCUT2D eigenvalue weighted by molar-refractivity contribution is 7.62. The maximum absolute atomic E-state index is 5.65. The van der Waals surface area contributed by atoms with Gasteiger partial charge in [-0.2, -0.15) is 0 Å². The van der Waals surface area contributed by atoms with Gasteiger partial charge >= 0.3 is 0 Å². The Bertz CT molecular complexity index is 463. The normalized spacial score (nSPS) is 24.9. The predicted molar refractivity (Wildman–Crippen MR) is 123 cm³/mol. The van der Waals surface area contributed by atoms with E-state index >= 15 is 0 Å². The predicted octanol–water partition coefficient (Wildman–Crippen LogP) is 6.53. The number of hydrogen-bond donors (Lipinski definition) is 3. The van der Waals surface area contributed by atoms with E-state index < -0.39 is 15.7 Å². The molecule has 0 atom stereocenters. The second kappa shape index (κ2) is 10.4. The molecule has 3 saturated carbocycles. The molecule has 0 heterocycles. The SMILES string of the molecule is C[Si](C)(C)NP(=NC1CCCCC1)(NC1CCCCC1)NC1CCCCC1. The average Bonchev–Trinajstić information content (AvgIpc) is 2.62. The van der Waals surface area contributed by atoms with Gasteiger partial charge in [0.05, 0.1) is 6.04 Å². The Labute approximate surface area is 169 Å². The molecule has 3 fully saturated rings. The highest BCUT2D eigenvalue weighted by atomic mass is 31.2. The van der Waals surface area contributed by atoms with Crippen LogP contribution in [0.25, 0.3) is 0 Å². The van der Waals surface area contributed by atoms with E-state index in [9.17, 15) is 0 Å². The zero-order valence-corrected chi connectivity index (χ0v) is 20.1. The summed E-state index contributed by atoms with van der Waals surface area (Å²) in [5.41, 5.74) is 0. The number of hydrogen-bond acceptors (Lipinski definition) is 1. The van der Waals surface area contributed by atoms with Crippen LogP contribution in [-0.2, 0) is 0 Å². The van der Waals surface area contributed by atoms with Crippen LogP contribution in [0.1, 0.15) is 96.3 Å². The molecule has 0 unspecified atom stereocenters. The maximum Gasteiger partial charge on any atom is 0.154 e. The van der Waals surface area contributed by atoms with E-state index in [1.165, 1.54) is 96.3 Å². The van der Waals surface area contributed by atoms with Gasteiger partial charge in [-0.1, -0.05) is 77.4 Å². The minimum absolute atomic E-state index is 0.558. The summed E-state index contributed by atoms with van der Waals surface area (Å²) in [4.78, 5) is 0. The Hall–Kier alpha value is 0.327. The van der Waals surface area contributed by atoms with Crippen molar-refractivity contribution in [1.29, 1.82) is 0 Å². The molecule has 6 heteroatoms. The lowest BCUT2D eigenvalue weighted by atomic mass is 9.96. The van der Waals surface area contributed by atoms with Gasteiger partial charge in [0.2, 0.25) is 0 Å². The van der Waals surface area contributed by atoms with E-state index in [-0.39, 0.29) is 0 Å². The summed E-state index contributed by atoms with van der Waals surface area (Å²) < 4.78 is 9.83. The number of nitrogens with zero attached hydrogens (tertiary/aromatic N) is 1. The molecule has 0 aromatic carbocycles. The van der Waals surface area contributed by atoms with Gasteiger partial charge in [0.1, 0.15) is 8.24 Å². The molecule has 0 spiro atoms. The molecule has 0 amide bonds. The Morgan fingerprint density at radius 3 is 1.44 bits per heavy atom. The van der Waals surface area contributed by atoms with Gasteiger partial charge in [0.15, 0.2) is 7.51 Å². The monoisotopic (exact) mass is 412 g/mol. The third-order valence-corrected chi connectivity index (χ3v) is 12.5. The highest BCUT2D eigenvalue weighted by Crippen LogP contribution is 2.44. The minimum Gasteiger partial charge on any atom is -0.281 e. The lowest BCUT2D eigenvalue weighted by molar-refractivity contribution is 0.398. The van der Waals surface area contributed by atoms with Crippen LogP contribution in [-0.4, -0.2) is 26.4 Å². The smallest absolute Gasteiger partial charge is 0.154 e. The molecule has 158 valence electrons. The molecule has 0 bridgehead atoms. The topological polar surface area (TPSA) is 48.5 Å². The van der Waals surface area contributed by atoms with E-state index in [1.54, 1.807) is 0 Å². The van der Waals surface area contributed by atoms with Crippen molar-refractivity contribution in [3.05, 3.63) is 0 Å². The first-order chi connectivity index (χ1) is 12.9. The number of nitrogens with one attached hydrogen (secondary N) is 3. The highest BCUT2D eigenvalue weighted by Gasteiger charge is 2.33. The van der Waals surface area contributed by atoms with Crippen molar-refractivity contribution >= 4 is 15.7 Å². The summed E-state index contributed by atoms with van der Waals surface area (Å²) in [6.07, 6.45) is 20.5. The third-order valence-electron chi connectivity index (χ3n) is 6.36. The summed E-state index contributed by atoms with van der Waals surface area (Å²) >= 11 is 0. The zero-order chi connectivity index (χ0) is 19.2. The summed E-state index contributed by atoms with van der Waals surface area (Å²) in [6, 6.07) is 1.86. The summed E-state index contributed by atoms with van der Waals surface area (Å²) in [7, 11) is -3.35. The first-order valence-electron chi connectivity index (χ1n) is 11.9. The summed E-state index contributed by atoms with van der Waals surface area (Å²) in [5.74, 6) is 0. The van der Waals surface area contributed by atoms with Crippen LogP contribution in [0.2, 0.25) is 19.6 Å². The van der Waals surface area contributed by atoms with Gasteiger partial charge in [0, 0.05) is 12.1 Å². The minimum atomic E-state index is -1.89. The molecule has 4 nitrogen and oxygen atoms in total. The molecule has 0 aliphatic heterocycles. The second-order valence-electron chi connectivity index (χ2n) is 10.3. The zero-order valence-electron chi connectivity index (χ0n) is 18.2. The van der Waals surface area contributed by atoms with E-state index in [2.05, 4.69) is 34.6 Å². The van der Waals surface area contributed by atoms with Gasteiger partial charge in [-0.3, -0.25) is 19.7 Å². The lowest BCUT2D eigenvalue weighted by Gasteiger charge is -2.41. The first kappa shape index (κ1) is 22.0. The van der Waals surface area contributed by atoms with Crippen molar-refractivity contribution in [2.24, 2.45) is 4.74 Å². The molecule has 0 aromatic heterocycles. The molecule has 0 radical (unpaired) electrons. The van der Waals surface area contributed by atoms with E-state index in [0.29, 0.717) is 18.1 Å². The van der Waals surface area contributed by atoms with Gasteiger partial charge < -0.3 is 0 Å². The third kappa shape index (κ3) is 7.58. The van der Waals surface area contributed by atoms with Crippen LogP contribution in [0, 0.1) is 0 Å². The van der Waals surface area contributed by atoms with Gasteiger partial charge in [-0.15, -0.1) is 0 Å². The molecule has 3 N–H and O–H groups in total. The summed E-state index contributed by atoms with van der Waals surface area (Å²) in [6.45, 7) is 7.34. The summed E-state index contributed by atoms with van der Waals surface area (Å²) in [5, 5.41) is 8.36. The Balaban J connectivity index is 1.86. The van der Waals surface area contributed by atoms with Gasteiger partial charge in [-0.05, 0) is 38.5 Å². The molecule has 0 saturated heterocycles. The lowest BCUT2D eigenvalue weighted by Crippen LogP contribution is -2.50. The van der Waals surface area contributed by atoms with Crippen molar-refractivity contribution in [1.82, 2.24) is 14.9 Å². The molecule has 27 heavy (non-hydrogen) atoms. The van der Waals surface area contributed by atoms with Crippen LogP contribution in [0.4, 0.5) is 0 Å². The van der Waals surface area contributed by atoms with Crippen LogP contribution in [0.3, 0.4) is 0 Å². The van der Waals surface area contributed by atoms with Gasteiger partial charge in [-0.25, -0.2) is 0 Å². The Kier molecular flexibility index (Phi) is 8.47. The quantitative estimate of drug-likeness (QED) is 0.329. The fraction of sp³-hybridized carbons (Fsp3) is 1.00. The van der Waals surface area contributed by atoms with Gasteiger partial charge in [0.25, 0.3) is 0 Å². The fourth-order valence-electron chi connectivity index (χ4n) is 5.12. The standard InChI is InChI=1S/C21H45N4PSi/c1-27(2,3)25-26(22-19-13-7-4-8-14-19,23-20-15-9-5-10-16-20)24-21-17-11-6-12-18-21/h19-23,25H,4-18H2,1-3H3. The molecule has 3 rings (SSSR count). The molecule has 3 aliphatic rings. The Morgan fingerprint density at radius 2 is 1.04 bits per heavy atom. The van der Waals surface area contributed by atoms with Crippen molar-refractivity contribution in [2.75, 3.05) is 0 Å². The first-order valence-corrected chi connectivity index (χ1v) is 17.1. The van der Waals surface area contributed by atoms with E-state index in [1.807, 2.05) is 0 Å².